The minimum absolute atomic E-state index is 0. The lowest BCUT2D eigenvalue weighted by Crippen LogP contribution is -2.45. The summed E-state index contributed by atoms with van der Waals surface area (Å²) < 4.78 is 2.27. The smallest absolute Gasteiger partial charge is 0.194 e. The number of aryl methyl sites for hydroxylation is 1. The molecule has 2 aliphatic rings. The molecule has 1 saturated heterocycles. The average Bonchev–Trinajstić information content (AvgIpc) is 2.93. The largest absolute Gasteiger partial charge is 0.349 e. The lowest BCUT2D eigenvalue weighted by molar-refractivity contribution is 0.273. The molecule has 1 aromatic rings. The first-order valence-corrected chi connectivity index (χ1v) is 8.14. The zero-order valence-corrected chi connectivity index (χ0v) is 15.9. The molecule has 3 rings (SSSR count). The summed E-state index contributed by atoms with van der Waals surface area (Å²) in [6.07, 6.45) is 6.03. The third kappa shape index (κ3) is 3.91. The van der Waals surface area contributed by atoms with Crippen LogP contribution in [0.2, 0.25) is 0 Å². The van der Waals surface area contributed by atoms with Gasteiger partial charge in [0.2, 0.25) is 0 Å². The quantitative estimate of drug-likeness (QED) is 0.454. The highest BCUT2D eigenvalue weighted by atomic mass is 127. The summed E-state index contributed by atoms with van der Waals surface area (Å²) in [7, 11) is 1.86. The van der Waals surface area contributed by atoms with Gasteiger partial charge in [-0.1, -0.05) is 6.92 Å². The maximum absolute atomic E-state index is 4.42. The zero-order valence-electron chi connectivity index (χ0n) is 13.6. The second-order valence-electron chi connectivity index (χ2n) is 6.21. The average molecular weight is 418 g/mol. The number of aliphatic imine (C=N–C) groups is 1. The number of nitrogens with one attached hydrogen (secondary N) is 1. The van der Waals surface area contributed by atoms with Gasteiger partial charge in [0.05, 0.1) is 6.54 Å². The summed E-state index contributed by atoms with van der Waals surface area (Å²) >= 11 is 0. The fourth-order valence-electron chi connectivity index (χ4n) is 3.21. The van der Waals surface area contributed by atoms with E-state index in [0.717, 1.165) is 49.6 Å². The van der Waals surface area contributed by atoms with E-state index in [0.29, 0.717) is 6.54 Å². The van der Waals surface area contributed by atoms with E-state index in [2.05, 4.69) is 36.9 Å². The van der Waals surface area contributed by atoms with E-state index in [1.165, 1.54) is 25.7 Å². The molecule has 1 N–H and O–H groups in total. The zero-order chi connectivity index (χ0) is 14.7. The topological polar surface area (TPSA) is 58.3 Å². The summed E-state index contributed by atoms with van der Waals surface area (Å²) in [5.41, 5.74) is 0. The van der Waals surface area contributed by atoms with E-state index in [1.807, 2.05) is 7.05 Å². The van der Waals surface area contributed by atoms with Gasteiger partial charge in [0.15, 0.2) is 11.8 Å². The van der Waals surface area contributed by atoms with E-state index >= 15 is 0 Å². The Kier molecular flexibility index (Phi) is 6.46. The highest BCUT2D eigenvalue weighted by molar-refractivity contribution is 14.0. The number of guanidine groups is 1. The van der Waals surface area contributed by atoms with Crippen LogP contribution >= 0.6 is 24.0 Å². The van der Waals surface area contributed by atoms with Crippen LogP contribution < -0.4 is 5.32 Å². The molecular formula is C15H27IN6. The van der Waals surface area contributed by atoms with Gasteiger partial charge in [0, 0.05) is 33.1 Å². The van der Waals surface area contributed by atoms with Gasteiger partial charge in [0.1, 0.15) is 5.82 Å². The van der Waals surface area contributed by atoms with E-state index in [9.17, 15) is 0 Å². The molecule has 0 amide bonds. The van der Waals surface area contributed by atoms with Crippen LogP contribution in [-0.4, -0.2) is 45.8 Å². The number of piperidine rings is 1. The van der Waals surface area contributed by atoms with Crippen molar-refractivity contribution in [1.29, 1.82) is 0 Å². The number of nitrogens with zero attached hydrogens (tertiary/aromatic N) is 5. The molecule has 0 atom stereocenters. The summed E-state index contributed by atoms with van der Waals surface area (Å²) in [4.78, 5) is 6.78. The van der Waals surface area contributed by atoms with Crippen LogP contribution in [0.25, 0.3) is 0 Å². The fraction of sp³-hybridized carbons (Fsp3) is 0.800. The first kappa shape index (κ1) is 17.5. The predicted molar refractivity (Wildman–Crippen MR) is 98.5 cm³/mol. The van der Waals surface area contributed by atoms with Gasteiger partial charge in [-0.2, -0.15) is 0 Å². The minimum Gasteiger partial charge on any atom is -0.349 e. The van der Waals surface area contributed by atoms with Crippen molar-refractivity contribution < 1.29 is 0 Å². The Morgan fingerprint density at radius 2 is 2.00 bits per heavy atom. The molecule has 7 heteroatoms. The highest BCUT2D eigenvalue weighted by Gasteiger charge is 2.20. The maximum Gasteiger partial charge on any atom is 0.194 e. The third-order valence-electron chi connectivity index (χ3n) is 4.64. The molecule has 0 aromatic carbocycles. The Labute approximate surface area is 149 Å². The van der Waals surface area contributed by atoms with Crippen LogP contribution in [0, 0.1) is 5.92 Å². The molecule has 0 radical (unpaired) electrons. The molecule has 2 aliphatic heterocycles. The number of halogens is 1. The molecule has 0 aliphatic carbocycles. The number of hydrogen-bond donors (Lipinski definition) is 1. The lowest BCUT2D eigenvalue weighted by atomic mass is 10.00. The SMILES string of the molecule is CN=C(NCc1nnc2n1CCCC2)N1CCC(C)CC1.I. The van der Waals surface area contributed by atoms with Gasteiger partial charge in [0.25, 0.3) is 0 Å². The Hall–Kier alpha value is -0.860. The van der Waals surface area contributed by atoms with Gasteiger partial charge >= 0.3 is 0 Å². The highest BCUT2D eigenvalue weighted by Crippen LogP contribution is 2.16. The molecule has 22 heavy (non-hydrogen) atoms. The van der Waals surface area contributed by atoms with Gasteiger partial charge in [-0.05, 0) is 31.6 Å². The normalized spacial score (nSPS) is 19.5. The van der Waals surface area contributed by atoms with Gasteiger partial charge in [-0.15, -0.1) is 34.2 Å². The molecule has 1 aromatic heterocycles. The van der Waals surface area contributed by atoms with Crippen LogP contribution in [0.4, 0.5) is 0 Å². The second kappa shape index (κ2) is 8.12. The van der Waals surface area contributed by atoms with Crippen molar-refractivity contribution >= 4 is 29.9 Å². The predicted octanol–water partition coefficient (Wildman–Crippen LogP) is 2.04. The minimum atomic E-state index is 0. The van der Waals surface area contributed by atoms with Crippen LogP contribution in [0.15, 0.2) is 4.99 Å². The number of rotatable bonds is 2. The molecule has 0 saturated carbocycles. The maximum atomic E-state index is 4.42. The number of hydrogen-bond acceptors (Lipinski definition) is 3. The van der Waals surface area contributed by atoms with Crippen molar-refractivity contribution in [2.24, 2.45) is 10.9 Å². The van der Waals surface area contributed by atoms with Crippen molar-refractivity contribution in [3.8, 4) is 0 Å². The third-order valence-corrected chi connectivity index (χ3v) is 4.64. The first-order chi connectivity index (χ1) is 10.3. The van der Waals surface area contributed by atoms with Crippen molar-refractivity contribution in [3.05, 3.63) is 11.6 Å². The van der Waals surface area contributed by atoms with E-state index in [1.54, 1.807) is 0 Å². The summed E-state index contributed by atoms with van der Waals surface area (Å²) in [5.74, 6) is 4.01. The molecule has 0 bridgehead atoms. The van der Waals surface area contributed by atoms with Crippen LogP contribution in [0.1, 0.15) is 44.3 Å². The second-order valence-corrected chi connectivity index (χ2v) is 6.21. The fourth-order valence-corrected chi connectivity index (χ4v) is 3.21. The van der Waals surface area contributed by atoms with E-state index < -0.39 is 0 Å². The standard InChI is InChI=1S/C15H26N6.HI/c1-12-6-9-20(10-7-12)15(16-2)17-11-14-19-18-13-5-3-4-8-21(13)14;/h12H,3-11H2,1-2H3,(H,16,17);1H. The van der Waals surface area contributed by atoms with Gasteiger partial charge < -0.3 is 14.8 Å². The number of likely N-dealkylation sites (tertiary alicyclic amines) is 1. The summed E-state index contributed by atoms with van der Waals surface area (Å²) in [5, 5.41) is 12.1. The molecule has 6 nitrogen and oxygen atoms in total. The summed E-state index contributed by atoms with van der Waals surface area (Å²) in [6.45, 7) is 6.29. The number of fused-ring (bicyclic) bond motifs is 1. The Morgan fingerprint density at radius 1 is 1.23 bits per heavy atom. The first-order valence-electron chi connectivity index (χ1n) is 8.14. The van der Waals surface area contributed by atoms with Crippen molar-refractivity contribution in [2.45, 2.75) is 52.1 Å². The van der Waals surface area contributed by atoms with Crippen molar-refractivity contribution in [1.82, 2.24) is 25.0 Å². The molecular weight excluding hydrogens is 391 g/mol. The van der Waals surface area contributed by atoms with Crippen LogP contribution in [0.5, 0.6) is 0 Å². The summed E-state index contributed by atoms with van der Waals surface area (Å²) in [6, 6.07) is 0. The van der Waals surface area contributed by atoms with E-state index in [-0.39, 0.29) is 24.0 Å². The molecule has 3 heterocycles. The Morgan fingerprint density at radius 3 is 2.73 bits per heavy atom. The van der Waals surface area contributed by atoms with Gasteiger partial charge in [-0.3, -0.25) is 4.99 Å². The Bertz CT molecular complexity index is 504. The van der Waals surface area contributed by atoms with Crippen molar-refractivity contribution in [3.63, 3.8) is 0 Å². The van der Waals surface area contributed by atoms with Crippen molar-refractivity contribution in [2.75, 3.05) is 20.1 Å². The molecule has 1 fully saturated rings. The number of aromatic nitrogens is 3. The van der Waals surface area contributed by atoms with Crippen LogP contribution in [0.3, 0.4) is 0 Å². The molecule has 124 valence electrons. The van der Waals surface area contributed by atoms with Crippen LogP contribution in [-0.2, 0) is 19.5 Å². The van der Waals surface area contributed by atoms with Gasteiger partial charge in [-0.25, -0.2) is 0 Å². The van der Waals surface area contributed by atoms with E-state index in [4.69, 9.17) is 0 Å². The molecule has 0 unspecified atom stereocenters. The Balaban J connectivity index is 0.00000176. The monoisotopic (exact) mass is 418 g/mol. The lowest BCUT2D eigenvalue weighted by Gasteiger charge is -2.32. The molecule has 0 spiro atoms.